The van der Waals surface area contributed by atoms with Crippen LogP contribution in [-0.4, -0.2) is 55.0 Å². The lowest BCUT2D eigenvalue weighted by Crippen LogP contribution is -2.53. The molecule has 5 nitrogen and oxygen atoms in total. The van der Waals surface area contributed by atoms with Crippen LogP contribution in [0.2, 0.25) is 0 Å². The summed E-state index contributed by atoms with van der Waals surface area (Å²) in [5, 5.41) is 4.10. The van der Waals surface area contributed by atoms with Gasteiger partial charge in [-0.15, -0.1) is 0 Å². The summed E-state index contributed by atoms with van der Waals surface area (Å²) in [5.74, 6) is 0. The largest absolute Gasteiger partial charge is 0.360 e. The number of sulfonamides is 1. The second kappa shape index (κ2) is 7.09. The Kier molecular flexibility index (Phi) is 5.34. The summed E-state index contributed by atoms with van der Waals surface area (Å²) in [7, 11) is -3.50. The molecule has 1 aromatic rings. The molecule has 1 N–H and O–H groups in total. The highest BCUT2D eigenvalue weighted by Crippen LogP contribution is 2.32. The molecule has 2 fully saturated rings. The van der Waals surface area contributed by atoms with Gasteiger partial charge in [-0.2, -0.15) is 4.31 Å². The van der Waals surface area contributed by atoms with E-state index in [1.807, 2.05) is 27.7 Å². The quantitative estimate of drug-likeness (QED) is 0.797. The third-order valence-electron chi connectivity index (χ3n) is 5.96. The van der Waals surface area contributed by atoms with Crippen molar-refractivity contribution in [3.05, 3.63) is 27.8 Å². The minimum absolute atomic E-state index is 0.472. The Hall–Kier alpha value is -1.18. The molecule has 7 heteroatoms. The van der Waals surface area contributed by atoms with Gasteiger partial charge in [0.05, 0.1) is 4.90 Å². The SMILES string of the molecule is Cc1c(C)c(C)c(S(=O)(=O)N2CCN(C(=S)NC3CC3)CC2)c(C)c1C. The van der Waals surface area contributed by atoms with Crippen molar-refractivity contribution in [3.63, 3.8) is 0 Å². The van der Waals surface area contributed by atoms with E-state index < -0.39 is 10.0 Å². The fraction of sp³-hybridized carbons (Fsp3) is 0.632. The van der Waals surface area contributed by atoms with Crippen LogP contribution in [0.4, 0.5) is 0 Å². The van der Waals surface area contributed by atoms with E-state index in [2.05, 4.69) is 17.1 Å². The number of nitrogens with one attached hydrogen (secondary N) is 1. The lowest BCUT2D eigenvalue weighted by atomic mass is 9.95. The molecular weight excluding hydrogens is 366 g/mol. The molecule has 144 valence electrons. The standard InChI is InChI=1S/C19H29N3O2S2/c1-12-13(2)15(4)18(16(5)14(12)3)26(23,24)22-10-8-21(9-11-22)19(25)20-17-6-7-17/h17H,6-11H2,1-5H3,(H,20,25). The first-order valence-electron chi connectivity index (χ1n) is 9.27. The molecule has 3 rings (SSSR count). The Morgan fingerprint density at radius 2 is 1.35 bits per heavy atom. The number of piperazine rings is 1. The van der Waals surface area contributed by atoms with Gasteiger partial charge >= 0.3 is 0 Å². The van der Waals surface area contributed by atoms with E-state index in [-0.39, 0.29) is 0 Å². The van der Waals surface area contributed by atoms with E-state index >= 15 is 0 Å². The molecule has 1 aliphatic heterocycles. The van der Waals surface area contributed by atoms with Crippen molar-refractivity contribution in [1.29, 1.82) is 0 Å². The van der Waals surface area contributed by atoms with Gasteiger partial charge in [0.1, 0.15) is 0 Å². The maximum atomic E-state index is 13.4. The lowest BCUT2D eigenvalue weighted by molar-refractivity contribution is 0.263. The fourth-order valence-electron chi connectivity index (χ4n) is 3.61. The highest BCUT2D eigenvalue weighted by Gasteiger charge is 2.33. The highest BCUT2D eigenvalue weighted by atomic mass is 32.2. The van der Waals surface area contributed by atoms with E-state index in [0.717, 1.165) is 27.4 Å². The molecule has 0 amide bonds. The molecule has 0 aromatic heterocycles. The zero-order valence-electron chi connectivity index (χ0n) is 16.3. The van der Waals surface area contributed by atoms with Crippen molar-refractivity contribution in [2.75, 3.05) is 26.2 Å². The normalized spacial score (nSPS) is 18.9. The predicted molar refractivity (Wildman–Crippen MR) is 109 cm³/mol. The van der Waals surface area contributed by atoms with Crippen molar-refractivity contribution in [2.45, 2.75) is 58.4 Å². The second-order valence-corrected chi connectivity index (χ2v) is 9.83. The second-order valence-electron chi connectivity index (χ2n) is 7.57. The van der Waals surface area contributed by atoms with Gasteiger partial charge < -0.3 is 10.2 Å². The number of hydrogen-bond acceptors (Lipinski definition) is 3. The monoisotopic (exact) mass is 395 g/mol. The third kappa shape index (κ3) is 3.49. The van der Waals surface area contributed by atoms with E-state index in [4.69, 9.17) is 12.2 Å². The zero-order chi connectivity index (χ0) is 19.2. The van der Waals surface area contributed by atoms with Gasteiger partial charge in [-0.1, -0.05) is 0 Å². The maximum Gasteiger partial charge on any atom is 0.243 e. The molecule has 0 bridgehead atoms. The van der Waals surface area contributed by atoms with Crippen LogP contribution in [0.1, 0.15) is 40.7 Å². The Bertz CT molecular complexity index is 808. The number of benzene rings is 1. The molecule has 1 saturated carbocycles. The van der Waals surface area contributed by atoms with Crippen LogP contribution in [0.15, 0.2) is 4.90 Å². The van der Waals surface area contributed by atoms with Crippen LogP contribution in [0, 0.1) is 34.6 Å². The summed E-state index contributed by atoms with van der Waals surface area (Å²) in [5.41, 5.74) is 5.07. The van der Waals surface area contributed by atoms with Gasteiger partial charge in [-0.3, -0.25) is 0 Å². The third-order valence-corrected chi connectivity index (χ3v) is 8.51. The van der Waals surface area contributed by atoms with Gasteiger partial charge in [-0.05, 0) is 87.5 Å². The first-order chi connectivity index (χ1) is 12.1. The van der Waals surface area contributed by atoms with E-state index in [9.17, 15) is 8.42 Å². The summed E-state index contributed by atoms with van der Waals surface area (Å²) in [6.07, 6.45) is 2.36. The number of rotatable bonds is 3. The van der Waals surface area contributed by atoms with Crippen LogP contribution in [0.25, 0.3) is 0 Å². The van der Waals surface area contributed by atoms with E-state index in [1.165, 1.54) is 18.4 Å². The molecule has 1 saturated heterocycles. The summed E-state index contributed by atoms with van der Waals surface area (Å²) in [6.45, 7) is 12.2. The Labute approximate surface area is 162 Å². The van der Waals surface area contributed by atoms with Crippen LogP contribution < -0.4 is 5.32 Å². The molecule has 0 spiro atoms. The van der Waals surface area contributed by atoms with E-state index in [0.29, 0.717) is 37.1 Å². The topological polar surface area (TPSA) is 52.7 Å². The maximum absolute atomic E-state index is 13.4. The Balaban J connectivity index is 1.81. The van der Waals surface area contributed by atoms with Gasteiger partial charge in [0, 0.05) is 32.2 Å². The predicted octanol–water partition coefficient (Wildman–Crippen LogP) is 2.57. The van der Waals surface area contributed by atoms with Crippen molar-refractivity contribution in [2.24, 2.45) is 0 Å². The van der Waals surface area contributed by atoms with Gasteiger partial charge in [0.15, 0.2) is 5.11 Å². The molecule has 1 aliphatic carbocycles. The first-order valence-corrected chi connectivity index (χ1v) is 11.1. The molecule has 2 aliphatic rings. The molecule has 1 heterocycles. The van der Waals surface area contributed by atoms with E-state index in [1.54, 1.807) is 4.31 Å². The molecule has 26 heavy (non-hydrogen) atoms. The molecule has 0 unspecified atom stereocenters. The minimum Gasteiger partial charge on any atom is -0.360 e. The average molecular weight is 396 g/mol. The van der Waals surface area contributed by atoms with Crippen molar-refractivity contribution in [3.8, 4) is 0 Å². The average Bonchev–Trinajstić information content (AvgIpc) is 3.42. The van der Waals surface area contributed by atoms with Crippen molar-refractivity contribution >= 4 is 27.4 Å². The van der Waals surface area contributed by atoms with Gasteiger partial charge in [0.2, 0.25) is 10.0 Å². The Morgan fingerprint density at radius 1 is 0.885 bits per heavy atom. The summed E-state index contributed by atoms with van der Waals surface area (Å²) in [4.78, 5) is 2.58. The number of nitrogens with zero attached hydrogens (tertiary/aromatic N) is 2. The fourth-order valence-corrected chi connectivity index (χ4v) is 5.94. The molecule has 0 radical (unpaired) electrons. The van der Waals surface area contributed by atoms with Gasteiger partial charge in [-0.25, -0.2) is 8.42 Å². The van der Waals surface area contributed by atoms with Gasteiger partial charge in [0.25, 0.3) is 0 Å². The molecular formula is C19H29N3O2S2. The summed E-state index contributed by atoms with van der Waals surface area (Å²) < 4.78 is 28.4. The molecule has 1 aromatic carbocycles. The van der Waals surface area contributed by atoms with Crippen LogP contribution >= 0.6 is 12.2 Å². The lowest BCUT2D eigenvalue weighted by Gasteiger charge is -2.36. The van der Waals surface area contributed by atoms with Crippen molar-refractivity contribution < 1.29 is 8.42 Å². The Morgan fingerprint density at radius 3 is 1.81 bits per heavy atom. The van der Waals surface area contributed by atoms with Crippen LogP contribution in [0.3, 0.4) is 0 Å². The minimum atomic E-state index is -3.50. The summed E-state index contributed by atoms with van der Waals surface area (Å²) in [6, 6.07) is 0.521. The first kappa shape index (κ1) is 19.6. The number of hydrogen-bond donors (Lipinski definition) is 1. The van der Waals surface area contributed by atoms with Crippen LogP contribution in [0.5, 0.6) is 0 Å². The number of thiocarbonyl (C=S) groups is 1. The van der Waals surface area contributed by atoms with Crippen molar-refractivity contribution in [1.82, 2.24) is 14.5 Å². The summed E-state index contributed by atoms with van der Waals surface area (Å²) >= 11 is 5.45. The molecule has 0 atom stereocenters. The van der Waals surface area contributed by atoms with Crippen LogP contribution in [-0.2, 0) is 10.0 Å². The highest BCUT2D eigenvalue weighted by molar-refractivity contribution is 7.89. The zero-order valence-corrected chi connectivity index (χ0v) is 18.0. The smallest absolute Gasteiger partial charge is 0.243 e.